The Labute approximate surface area is 164 Å². The maximum absolute atomic E-state index is 12.6. The van der Waals surface area contributed by atoms with Gasteiger partial charge in [0.15, 0.2) is 0 Å². The maximum Gasteiger partial charge on any atom is 0.251 e. The topological polar surface area (TPSA) is 80.5 Å². The van der Waals surface area contributed by atoms with Crippen LogP contribution in [0.3, 0.4) is 0 Å². The summed E-state index contributed by atoms with van der Waals surface area (Å²) in [6, 6.07) is 15.4. The third-order valence-corrected chi connectivity index (χ3v) is 5.07. The Morgan fingerprint density at radius 2 is 2.11 bits per heavy atom. The molecular weight excluding hydrogens is 352 g/mol. The number of nitrogen functional groups attached to an aromatic ring is 1. The van der Waals surface area contributed by atoms with Crippen LogP contribution in [0.1, 0.15) is 10.4 Å². The number of nitrogens with two attached hydrogens (primary N) is 1. The van der Waals surface area contributed by atoms with E-state index in [1.54, 1.807) is 12.3 Å². The van der Waals surface area contributed by atoms with Crippen molar-refractivity contribution in [3.63, 3.8) is 0 Å². The van der Waals surface area contributed by atoms with E-state index >= 15 is 0 Å². The number of morpholine rings is 1. The molecule has 0 aliphatic carbocycles. The molecule has 1 aromatic heterocycles. The van der Waals surface area contributed by atoms with E-state index in [9.17, 15) is 4.79 Å². The number of pyridine rings is 1. The summed E-state index contributed by atoms with van der Waals surface area (Å²) in [6.07, 6.45) is 1.73. The molecule has 1 aliphatic heterocycles. The standard InChI is InChI=1S/C22H24N4O2/c1-26-9-10-28-18(14-26)13-25-22(27)17-4-2-3-15(11-17)16-5-6-21-19(12-16)20(23)7-8-24-21/h2-8,11-12,18H,9-10,13-14H2,1H3,(H2,23,24)(H,25,27). The lowest BCUT2D eigenvalue weighted by Crippen LogP contribution is -2.45. The lowest BCUT2D eigenvalue weighted by atomic mass is 10.0. The number of carbonyl (C=O) groups is 1. The highest BCUT2D eigenvalue weighted by Crippen LogP contribution is 2.27. The molecule has 0 spiro atoms. The van der Waals surface area contributed by atoms with Gasteiger partial charge in [0, 0.05) is 42.5 Å². The van der Waals surface area contributed by atoms with Gasteiger partial charge in [0.25, 0.3) is 5.91 Å². The van der Waals surface area contributed by atoms with Crippen LogP contribution in [0, 0.1) is 0 Å². The summed E-state index contributed by atoms with van der Waals surface area (Å²) in [5, 5.41) is 3.90. The third kappa shape index (κ3) is 3.98. The van der Waals surface area contributed by atoms with Gasteiger partial charge >= 0.3 is 0 Å². The minimum atomic E-state index is -0.0966. The average Bonchev–Trinajstić information content (AvgIpc) is 2.72. The molecule has 3 N–H and O–H groups in total. The second-order valence-electron chi connectivity index (χ2n) is 7.18. The van der Waals surface area contributed by atoms with Gasteiger partial charge in [-0.1, -0.05) is 18.2 Å². The molecule has 1 unspecified atom stereocenters. The number of rotatable bonds is 4. The van der Waals surface area contributed by atoms with Crippen molar-refractivity contribution < 1.29 is 9.53 Å². The number of benzene rings is 2. The number of amides is 1. The fourth-order valence-electron chi connectivity index (χ4n) is 3.49. The summed E-state index contributed by atoms with van der Waals surface area (Å²) < 4.78 is 5.71. The van der Waals surface area contributed by atoms with Crippen molar-refractivity contribution in [3.8, 4) is 11.1 Å². The van der Waals surface area contributed by atoms with E-state index in [4.69, 9.17) is 10.5 Å². The quantitative estimate of drug-likeness (QED) is 0.731. The maximum atomic E-state index is 12.6. The van der Waals surface area contributed by atoms with Crippen LogP contribution in [-0.2, 0) is 4.74 Å². The molecule has 6 heteroatoms. The summed E-state index contributed by atoms with van der Waals surface area (Å²) >= 11 is 0. The van der Waals surface area contributed by atoms with Gasteiger partial charge in [-0.25, -0.2) is 0 Å². The molecule has 3 aromatic rings. The predicted molar refractivity (Wildman–Crippen MR) is 111 cm³/mol. The summed E-state index contributed by atoms with van der Waals surface area (Å²) in [6.45, 7) is 2.96. The second kappa shape index (κ2) is 7.96. The van der Waals surface area contributed by atoms with Gasteiger partial charge < -0.3 is 20.7 Å². The number of nitrogens with one attached hydrogen (secondary N) is 1. The molecule has 4 rings (SSSR count). The van der Waals surface area contributed by atoms with Crippen LogP contribution < -0.4 is 11.1 Å². The molecule has 2 aromatic carbocycles. The molecule has 0 radical (unpaired) electrons. The molecule has 2 heterocycles. The summed E-state index contributed by atoms with van der Waals surface area (Å²) in [5.41, 5.74) is 10.2. The van der Waals surface area contributed by atoms with Crippen LogP contribution in [0.15, 0.2) is 54.7 Å². The summed E-state index contributed by atoms with van der Waals surface area (Å²) in [7, 11) is 2.06. The highest BCUT2D eigenvalue weighted by molar-refractivity contribution is 5.97. The molecular formula is C22H24N4O2. The van der Waals surface area contributed by atoms with Gasteiger partial charge in [-0.3, -0.25) is 9.78 Å². The largest absolute Gasteiger partial charge is 0.398 e. The summed E-state index contributed by atoms with van der Waals surface area (Å²) in [5.74, 6) is -0.0966. The molecule has 1 atom stereocenters. The van der Waals surface area contributed by atoms with Crippen molar-refractivity contribution in [2.45, 2.75) is 6.10 Å². The first-order chi connectivity index (χ1) is 13.6. The minimum absolute atomic E-state index is 0.0295. The molecule has 1 fully saturated rings. The zero-order chi connectivity index (χ0) is 19.5. The van der Waals surface area contributed by atoms with Crippen molar-refractivity contribution in [3.05, 3.63) is 60.3 Å². The van der Waals surface area contributed by atoms with Crippen molar-refractivity contribution in [2.24, 2.45) is 0 Å². The van der Waals surface area contributed by atoms with E-state index in [0.29, 0.717) is 24.4 Å². The van der Waals surface area contributed by atoms with Crippen LogP contribution in [-0.4, -0.2) is 55.2 Å². The van der Waals surface area contributed by atoms with Crippen molar-refractivity contribution in [1.82, 2.24) is 15.2 Å². The van der Waals surface area contributed by atoms with E-state index in [0.717, 1.165) is 35.1 Å². The van der Waals surface area contributed by atoms with Crippen LogP contribution in [0.4, 0.5) is 5.69 Å². The monoisotopic (exact) mass is 376 g/mol. The Hall–Kier alpha value is -2.96. The normalized spacial score (nSPS) is 17.5. The fourth-order valence-corrected chi connectivity index (χ4v) is 3.49. The van der Waals surface area contributed by atoms with Gasteiger partial charge in [0.05, 0.1) is 18.2 Å². The van der Waals surface area contributed by atoms with Crippen molar-refractivity contribution >= 4 is 22.5 Å². The number of nitrogens with zero attached hydrogens (tertiary/aromatic N) is 2. The molecule has 1 saturated heterocycles. The fraction of sp³-hybridized carbons (Fsp3) is 0.273. The Bertz CT molecular complexity index is 1000. The molecule has 144 valence electrons. The highest BCUT2D eigenvalue weighted by Gasteiger charge is 2.18. The molecule has 6 nitrogen and oxygen atoms in total. The number of likely N-dealkylation sites (N-methyl/N-ethyl adjacent to an activating group) is 1. The van der Waals surface area contributed by atoms with E-state index in [1.807, 2.05) is 42.5 Å². The van der Waals surface area contributed by atoms with Crippen molar-refractivity contribution in [2.75, 3.05) is 39.0 Å². The Balaban J connectivity index is 1.51. The van der Waals surface area contributed by atoms with Gasteiger partial charge in [-0.05, 0) is 48.5 Å². The molecule has 0 saturated carbocycles. The number of hydrogen-bond acceptors (Lipinski definition) is 5. The molecule has 0 bridgehead atoms. The number of anilines is 1. The van der Waals surface area contributed by atoms with E-state index < -0.39 is 0 Å². The van der Waals surface area contributed by atoms with Gasteiger partial charge in [0.1, 0.15) is 0 Å². The second-order valence-corrected chi connectivity index (χ2v) is 7.18. The number of aromatic nitrogens is 1. The number of hydrogen-bond donors (Lipinski definition) is 2. The average molecular weight is 376 g/mol. The van der Waals surface area contributed by atoms with E-state index in [1.165, 1.54) is 0 Å². The first kappa shape index (κ1) is 18.4. The lowest BCUT2D eigenvalue weighted by Gasteiger charge is -2.30. The molecule has 1 amide bonds. The first-order valence-corrected chi connectivity index (χ1v) is 9.43. The van der Waals surface area contributed by atoms with E-state index in [-0.39, 0.29) is 12.0 Å². The minimum Gasteiger partial charge on any atom is -0.398 e. The predicted octanol–water partition coefficient (Wildman–Crippen LogP) is 2.54. The van der Waals surface area contributed by atoms with Crippen molar-refractivity contribution in [1.29, 1.82) is 0 Å². The summed E-state index contributed by atoms with van der Waals surface area (Å²) in [4.78, 5) is 19.2. The van der Waals surface area contributed by atoms with Gasteiger partial charge in [-0.15, -0.1) is 0 Å². The van der Waals surface area contributed by atoms with E-state index in [2.05, 4.69) is 22.2 Å². The Kier molecular flexibility index (Phi) is 5.23. The zero-order valence-electron chi connectivity index (χ0n) is 15.9. The zero-order valence-corrected chi connectivity index (χ0v) is 15.9. The third-order valence-electron chi connectivity index (χ3n) is 5.07. The smallest absolute Gasteiger partial charge is 0.251 e. The Morgan fingerprint density at radius 3 is 2.96 bits per heavy atom. The van der Waals surface area contributed by atoms with Crippen LogP contribution in [0.2, 0.25) is 0 Å². The lowest BCUT2D eigenvalue weighted by molar-refractivity contribution is -0.0175. The van der Waals surface area contributed by atoms with Gasteiger partial charge in [-0.2, -0.15) is 0 Å². The first-order valence-electron chi connectivity index (χ1n) is 9.43. The SMILES string of the molecule is CN1CCOC(CNC(=O)c2cccc(-c3ccc4nccc(N)c4c3)c2)C1. The van der Waals surface area contributed by atoms with Crippen LogP contribution in [0.5, 0.6) is 0 Å². The number of carbonyl (C=O) groups excluding carboxylic acids is 1. The Morgan fingerprint density at radius 1 is 1.25 bits per heavy atom. The molecule has 1 aliphatic rings. The van der Waals surface area contributed by atoms with Crippen LogP contribution in [0.25, 0.3) is 22.0 Å². The molecule has 28 heavy (non-hydrogen) atoms. The highest BCUT2D eigenvalue weighted by atomic mass is 16.5. The van der Waals surface area contributed by atoms with Crippen LogP contribution >= 0.6 is 0 Å². The number of fused-ring (bicyclic) bond motifs is 1. The van der Waals surface area contributed by atoms with Gasteiger partial charge in [0.2, 0.25) is 0 Å². The number of ether oxygens (including phenoxy) is 1.